The molecule has 290 valence electrons. The maximum atomic E-state index is 14.0. The van der Waals surface area contributed by atoms with Gasteiger partial charge in [0.15, 0.2) is 0 Å². The first-order chi connectivity index (χ1) is 25.8. The van der Waals surface area contributed by atoms with Crippen LogP contribution in [0.25, 0.3) is 11.0 Å². The van der Waals surface area contributed by atoms with Gasteiger partial charge in [-0.25, -0.2) is 9.97 Å². The van der Waals surface area contributed by atoms with Gasteiger partial charge < -0.3 is 40.3 Å². The summed E-state index contributed by atoms with van der Waals surface area (Å²) in [5, 5.41) is 20.0. The standard InChI is InChI=1S/C39H51N7O8/c1-23(2)19-31-39(52)45(4)24(3)36(50)43-30(20-25-11-7-6-8-12-25)37(51)42-28-17-18-54-32(35(28)49)21-46(22-33(47)41-31)34(48)16-15-29-38(53-5)44-27-14-10-9-13-26(27)40-29/h6-14,23-24,28,30-32,35,49H,15-22H2,1-5H3,(H,41,47)(H,42,51)(H,43,50)/t24-,28-,30-,31+,32+,35-/m0/s1. The number of amides is 5. The van der Waals surface area contributed by atoms with Gasteiger partial charge >= 0.3 is 0 Å². The molecule has 2 bridgehead atoms. The number of fused-ring (bicyclic) bond motifs is 3. The summed E-state index contributed by atoms with van der Waals surface area (Å²) in [6.45, 7) is 4.91. The largest absolute Gasteiger partial charge is 0.480 e. The van der Waals surface area contributed by atoms with E-state index in [9.17, 15) is 29.1 Å². The quantitative estimate of drug-likeness (QED) is 0.260. The lowest BCUT2D eigenvalue weighted by Gasteiger charge is -2.38. The molecule has 2 aliphatic rings. The van der Waals surface area contributed by atoms with Crippen molar-refractivity contribution >= 4 is 40.6 Å². The van der Waals surface area contributed by atoms with Crippen molar-refractivity contribution in [3.05, 3.63) is 65.9 Å². The predicted octanol–water partition coefficient (Wildman–Crippen LogP) is 1.15. The highest BCUT2D eigenvalue weighted by molar-refractivity contribution is 5.95. The molecule has 2 saturated heterocycles. The van der Waals surface area contributed by atoms with E-state index in [2.05, 4.69) is 25.9 Å². The Morgan fingerprint density at radius 1 is 0.963 bits per heavy atom. The zero-order chi connectivity index (χ0) is 38.9. The Morgan fingerprint density at radius 2 is 1.65 bits per heavy atom. The summed E-state index contributed by atoms with van der Waals surface area (Å²) in [5.41, 5.74) is 2.53. The maximum Gasteiger partial charge on any atom is 0.245 e. The Labute approximate surface area is 315 Å². The minimum Gasteiger partial charge on any atom is -0.480 e. The molecule has 54 heavy (non-hydrogen) atoms. The average Bonchev–Trinajstić information content (AvgIpc) is 3.16. The number of aryl methyl sites for hydroxylation is 1. The molecule has 15 nitrogen and oxygen atoms in total. The molecule has 3 heterocycles. The number of aliphatic hydroxyl groups is 1. The fraction of sp³-hybridized carbons (Fsp3) is 0.513. The van der Waals surface area contributed by atoms with E-state index < -0.39 is 72.5 Å². The Balaban J connectivity index is 1.44. The fourth-order valence-corrected chi connectivity index (χ4v) is 6.75. The highest BCUT2D eigenvalue weighted by atomic mass is 16.5. The van der Waals surface area contributed by atoms with Crippen LogP contribution >= 0.6 is 0 Å². The van der Waals surface area contributed by atoms with Crippen molar-refractivity contribution in [2.75, 3.05) is 33.9 Å². The number of para-hydroxylation sites is 2. The van der Waals surface area contributed by atoms with Gasteiger partial charge in [0.25, 0.3) is 0 Å². The molecule has 5 rings (SSSR count). The van der Waals surface area contributed by atoms with Crippen LogP contribution in [0, 0.1) is 5.92 Å². The van der Waals surface area contributed by atoms with E-state index in [-0.39, 0.29) is 57.1 Å². The zero-order valence-electron chi connectivity index (χ0n) is 31.5. The van der Waals surface area contributed by atoms with Crippen LogP contribution in [0.2, 0.25) is 0 Å². The molecule has 0 spiro atoms. The number of hydrogen-bond acceptors (Lipinski definition) is 10. The Morgan fingerprint density at radius 3 is 2.33 bits per heavy atom. The molecule has 5 amide bonds. The SMILES string of the molecule is COc1nc2ccccc2nc1CCC(=O)N1CC(=O)N[C@H](CC(C)C)C(=O)N(C)[C@@H](C)C(=O)N[C@@H](Cc2ccccc2)C(=O)N[C@H]2CCO[C@H](C1)[C@H]2O. The van der Waals surface area contributed by atoms with Crippen LogP contribution in [-0.2, 0) is 41.6 Å². The van der Waals surface area contributed by atoms with Crippen molar-refractivity contribution < 1.29 is 38.6 Å². The number of aromatic nitrogens is 2. The third-order valence-corrected chi connectivity index (χ3v) is 9.91. The number of carbonyl (C=O) groups is 5. The first kappa shape index (κ1) is 40.0. The van der Waals surface area contributed by atoms with Crippen molar-refractivity contribution in [1.29, 1.82) is 0 Å². The fourth-order valence-electron chi connectivity index (χ4n) is 6.75. The molecule has 15 heteroatoms. The van der Waals surface area contributed by atoms with Crippen molar-refractivity contribution in [1.82, 2.24) is 35.7 Å². The third kappa shape index (κ3) is 10.1. The molecule has 3 aromatic rings. The molecule has 2 fully saturated rings. The first-order valence-corrected chi connectivity index (χ1v) is 18.4. The van der Waals surface area contributed by atoms with Crippen LogP contribution in [0.15, 0.2) is 54.6 Å². The van der Waals surface area contributed by atoms with Crippen LogP contribution in [0.5, 0.6) is 5.88 Å². The van der Waals surface area contributed by atoms with Crippen LogP contribution in [0.1, 0.15) is 51.3 Å². The average molecular weight is 746 g/mol. The number of aliphatic hydroxyl groups excluding tert-OH is 1. The molecule has 4 N–H and O–H groups in total. The van der Waals surface area contributed by atoms with Crippen molar-refractivity contribution in [2.45, 2.75) is 89.3 Å². The van der Waals surface area contributed by atoms with E-state index in [1.807, 2.05) is 68.4 Å². The van der Waals surface area contributed by atoms with Gasteiger partial charge in [-0.3, -0.25) is 24.0 Å². The van der Waals surface area contributed by atoms with Crippen molar-refractivity contribution in [2.24, 2.45) is 5.92 Å². The summed E-state index contributed by atoms with van der Waals surface area (Å²) < 4.78 is 11.4. The minimum atomic E-state index is -1.25. The number of benzene rings is 2. The summed E-state index contributed by atoms with van der Waals surface area (Å²) in [6, 6.07) is 12.7. The molecule has 0 aliphatic carbocycles. The number of hydrogen-bond donors (Lipinski definition) is 4. The summed E-state index contributed by atoms with van der Waals surface area (Å²) in [6.07, 6.45) is -1.46. The molecular formula is C39H51N7O8. The number of carbonyl (C=O) groups excluding carboxylic acids is 5. The van der Waals surface area contributed by atoms with Crippen LogP contribution in [0.3, 0.4) is 0 Å². The molecule has 6 atom stereocenters. The normalized spacial score (nSPS) is 24.8. The first-order valence-electron chi connectivity index (χ1n) is 18.4. The number of rotatable bonds is 8. The lowest BCUT2D eigenvalue weighted by Crippen LogP contribution is -2.60. The molecular weight excluding hydrogens is 694 g/mol. The van der Waals surface area contributed by atoms with E-state index >= 15 is 0 Å². The number of methoxy groups -OCH3 is 1. The van der Waals surface area contributed by atoms with Crippen molar-refractivity contribution in [3.63, 3.8) is 0 Å². The van der Waals surface area contributed by atoms with E-state index in [0.717, 1.165) is 5.56 Å². The number of ether oxygens (including phenoxy) is 2. The lowest BCUT2D eigenvalue weighted by molar-refractivity contribution is -0.145. The second kappa shape index (κ2) is 18.3. The van der Waals surface area contributed by atoms with Crippen LogP contribution in [-0.4, -0.2) is 125 Å². The van der Waals surface area contributed by atoms with Gasteiger partial charge in [-0.05, 0) is 43.4 Å². The third-order valence-electron chi connectivity index (χ3n) is 9.91. The van der Waals surface area contributed by atoms with Gasteiger partial charge in [0.2, 0.25) is 35.4 Å². The Bertz CT molecular complexity index is 1810. The van der Waals surface area contributed by atoms with E-state index in [0.29, 0.717) is 16.7 Å². The highest BCUT2D eigenvalue weighted by Crippen LogP contribution is 2.22. The second-order valence-corrected chi connectivity index (χ2v) is 14.4. The molecule has 1 aromatic heterocycles. The maximum absolute atomic E-state index is 14.0. The Hall–Kier alpha value is -5.15. The van der Waals surface area contributed by atoms with Gasteiger partial charge in [0, 0.05) is 32.9 Å². The smallest absolute Gasteiger partial charge is 0.245 e. The van der Waals surface area contributed by atoms with Crippen LogP contribution in [0.4, 0.5) is 0 Å². The van der Waals surface area contributed by atoms with E-state index in [1.54, 1.807) is 6.92 Å². The summed E-state index contributed by atoms with van der Waals surface area (Å²) in [5.74, 6) is -2.34. The van der Waals surface area contributed by atoms with Gasteiger partial charge in [-0.2, -0.15) is 0 Å². The summed E-state index contributed by atoms with van der Waals surface area (Å²) >= 11 is 0. The topological polar surface area (TPSA) is 192 Å². The summed E-state index contributed by atoms with van der Waals surface area (Å²) in [7, 11) is 2.95. The molecule has 0 radical (unpaired) electrons. The molecule has 2 aromatic carbocycles. The van der Waals surface area contributed by atoms with E-state index in [4.69, 9.17) is 9.47 Å². The van der Waals surface area contributed by atoms with Crippen molar-refractivity contribution in [3.8, 4) is 5.88 Å². The number of nitrogens with one attached hydrogen (secondary N) is 3. The minimum absolute atomic E-state index is 0.0108. The van der Waals surface area contributed by atoms with Gasteiger partial charge in [0.1, 0.15) is 36.0 Å². The van der Waals surface area contributed by atoms with Crippen LogP contribution < -0.4 is 20.7 Å². The number of likely N-dealkylation sites (N-methyl/N-ethyl adjacent to an activating group) is 1. The predicted molar refractivity (Wildman–Crippen MR) is 199 cm³/mol. The zero-order valence-corrected chi connectivity index (χ0v) is 31.5. The highest BCUT2D eigenvalue weighted by Gasteiger charge is 2.39. The second-order valence-electron chi connectivity index (χ2n) is 14.4. The lowest BCUT2D eigenvalue weighted by atomic mass is 9.97. The monoisotopic (exact) mass is 745 g/mol. The van der Waals surface area contributed by atoms with E-state index in [1.165, 1.54) is 24.0 Å². The van der Waals surface area contributed by atoms with Gasteiger partial charge in [0.05, 0.1) is 37.3 Å². The molecule has 0 unspecified atom stereocenters. The summed E-state index contributed by atoms with van der Waals surface area (Å²) in [4.78, 5) is 80.8. The van der Waals surface area contributed by atoms with Gasteiger partial charge in [-0.15, -0.1) is 0 Å². The number of nitrogens with zero attached hydrogens (tertiary/aromatic N) is 4. The molecule has 0 saturated carbocycles. The van der Waals surface area contributed by atoms with Gasteiger partial charge in [-0.1, -0.05) is 56.3 Å². The Kier molecular flexibility index (Phi) is 13.5. The molecule has 2 aliphatic heterocycles.